The van der Waals surface area contributed by atoms with Crippen molar-refractivity contribution in [3.8, 4) is 11.4 Å². The summed E-state index contributed by atoms with van der Waals surface area (Å²) in [5.41, 5.74) is 1.08. The van der Waals surface area contributed by atoms with Gasteiger partial charge in [0.2, 0.25) is 5.52 Å². The average Bonchev–Trinajstić information content (AvgIpc) is 2.93. The zero-order valence-electron chi connectivity index (χ0n) is 13.6. The summed E-state index contributed by atoms with van der Waals surface area (Å²) in [6, 6.07) is 20.8. The summed E-state index contributed by atoms with van der Waals surface area (Å²) in [4.78, 5) is 0. The van der Waals surface area contributed by atoms with Gasteiger partial charge in [-0.25, -0.2) is 9.12 Å². The summed E-state index contributed by atoms with van der Waals surface area (Å²) < 4.78 is 15.2. The molecule has 0 spiro atoms. The van der Waals surface area contributed by atoms with Gasteiger partial charge >= 0.3 is 5.82 Å². The van der Waals surface area contributed by atoms with Crippen molar-refractivity contribution in [3.63, 3.8) is 0 Å². The Balaban J connectivity index is 2.06. The first-order valence-corrected chi connectivity index (χ1v) is 8.19. The van der Waals surface area contributed by atoms with E-state index in [4.69, 9.17) is 0 Å². The van der Waals surface area contributed by atoms with E-state index in [9.17, 15) is 14.8 Å². The number of aromatic nitrogens is 2. The lowest BCUT2D eigenvalue weighted by Gasteiger charge is -2.06. The zero-order valence-corrected chi connectivity index (χ0v) is 13.6. The van der Waals surface area contributed by atoms with Gasteiger partial charge in [-0.15, -0.1) is 0 Å². The van der Waals surface area contributed by atoms with Crippen molar-refractivity contribution in [1.82, 2.24) is 4.73 Å². The van der Waals surface area contributed by atoms with Crippen molar-refractivity contribution in [2.75, 3.05) is 0 Å². The largest absolute Gasteiger partial charge is 0.710 e. The van der Waals surface area contributed by atoms with Crippen molar-refractivity contribution >= 4 is 32.6 Å². The first kappa shape index (κ1) is 14.7. The molecule has 0 atom stereocenters. The highest BCUT2D eigenvalue weighted by atomic mass is 19.1. The minimum absolute atomic E-state index is 0.0130. The topological polar surface area (TPSA) is 52.1 Å². The van der Waals surface area contributed by atoms with Crippen LogP contribution >= 0.6 is 0 Å². The van der Waals surface area contributed by atoms with E-state index >= 15 is 0 Å². The molecule has 0 unspecified atom stereocenters. The van der Waals surface area contributed by atoms with Crippen LogP contribution in [-0.2, 0) is 0 Å². The Bertz CT molecular complexity index is 1250. The van der Waals surface area contributed by atoms with Gasteiger partial charge in [0, 0.05) is 10.8 Å². The minimum Gasteiger partial charge on any atom is -0.710 e. The Kier molecular flexibility index (Phi) is 2.94. The maximum absolute atomic E-state index is 13.7. The molecule has 4 aromatic carbocycles. The van der Waals surface area contributed by atoms with Gasteiger partial charge in [-0.2, -0.15) is 0 Å². The number of hydrogen-bond donors (Lipinski definition) is 1. The lowest BCUT2D eigenvalue weighted by molar-refractivity contribution is -0.566. The number of hydrogen-bond acceptors (Lipinski definition) is 2. The highest BCUT2D eigenvalue weighted by Crippen LogP contribution is 2.35. The van der Waals surface area contributed by atoms with Crippen LogP contribution in [0, 0.1) is 11.0 Å². The fourth-order valence-electron chi connectivity index (χ4n) is 3.69. The van der Waals surface area contributed by atoms with Crippen LogP contribution in [-0.4, -0.2) is 9.94 Å². The van der Waals surface area contributed by atoms with Crippen molar-refractivity contribution in [2.24, 2.45) is 0 Å². The van der Waals surface area contributed by atoms with E-state index in [0.29, 0.717) is 21.3 Å². The fourth-order valence-corrected chi connectivity index (χ4v) is 3.69. The van der Waals surface area contributed by atoms with Crippen LogP contribution in [0.2, 0.25) is 0 Å². The van der Waals surface area contributed by atoms with E-state index in [1.165, 1.54) is 18.2 Å². The van der Waals surface area contributed by atoms with Crippen LogP contribution in [0.4, 0.5) is 4.39 Å². The first-order valence-electron chi connectivity index (χ1n) is 8.19. The fraction of sp³-hybridized carbons (Fsp3) is 0. The quantitative estimate of drug-likeness (QED) is 0.209. The van der Waals surface area contributed by atoms with Gasteiger partial charge in [0.25, 0.3) is 0 Å². The van der Waals surface area contributed by atoms with Gasteiger partial charge in [-0.3, -0.25) is 0 Å². The van der Waals surface area contributed by atoms with E-state index in [2.05, 4.69) is 0 Å². The van der Waals surface area contributed by atoms with Crippen molar-refractivity contribution in [3.05, 3.63) is 83.8 Å². The standard InChI is InChI=1S/C21H13FN2O2/c22-14-7-5-6-13(12-14)21-23(25)19-17-10-3-1-8-15(17)16-9-2-4-11-18(16)20(19)24(21)26/h1-12,25H. The van der Waals surface area contributed by atoms with Crippen LogP contribution in [0.1, 0.15) is 0 Å². The monoisotopic (exact) mass is 344 g/mol. The SMILES string of the molecule is [O-][n+]1c(-c2cccc(F)c2)n(O)c2c3ccccc3c3ccccc3c21. The predicted molar refractivity (Wildman–Crippen MR) is 98.5 cm³/mol. The molecule has 5 rings (SSSR count). The average molecular weight is 344 g/mol. The lowest BCUT2D eigenvalue weighted by atomic mass is 10.00. The Morgan fingerprint density at radius 1 is 0.808 bits per heavy atom. The summed E-state index contributed by atoms with van der Waals surface area (Å²) in [6.07, 6.45) is 0. The number of halogens is 1. The number of nitrogens with zero attached hydrogens (tertiary/aromatic N) is 2. The molecule has 0 amide bonds. The Hall–Kier alpha value is -3.60. The third-order valence-electron chi connectivity index (χ3n) is 4.77. The van der Waals surface area contributed by atoms with Crippen molar-refractivity contribution in [2.45, 2.75) is 0 Å². The molecule has 5 heteroatoms. The Morgan fingerprint density at radius 3 is 2.12 bits per heavy atom. The lowest BCUT2D eigenvalue weighted by Crippen LogP contribution is -2.28. The van der Waals surface area contributed by atoms with Crippen LogP contribution in [0.5, 0.6) is 0 Å². The number of fused-ring (bicyclic) bond motifs is 6. The third-order valence-corrected chi connectivity index (χ3v) is 4.77. The van der Waals surface area contributed by atoms with Crippen LogP contribution in [0.15, 0.2) is 72.8 Å². The van der Waals surface area contributed by atoms with Crippen LogP contribution in [0.25, 0.3) is 44.0 Å². The van der Waals surface area contributed by atoms with Gasteiger partial charge in [0.05, 0.1) is 5.56 Å². The van der Waals surface area contributed by atoms with E-state index in [1.807, 2.05) is 48.5 Å². The summed E-state index contributed by atoms with van der Waals surface area (Å²) in [6.45, 7) is 0. The zero-order chi connectivity index (χ0) is 17.8. The van der Waals surface area contributed by atoms with Gasteiger partial charge in [0.15, 0.2) is 5.52 Å². The van der Waals surface area contributed by atoms with Crippen LogP contribution in [0.3, 0.4) is 0 Å². The molecule has 0 saturated heterocycles. The molecule has 26 heavy (non-hydrogen) atoms. The molecule has 1 heterocycles. The molecular weight excluding hydrogens is 331 g/mol. The molecular formula is C21H13FN2O2. The molecule has 0 aliphatic heterocycles. The number of imidazole rings is 1. The molecule has 4 nitrogen and oxygen atoms in total. The molecule has 0 saturated carbocycles. The first-order chi connectivity index (χ1) is 12.7. The van der Waals surface area contributed by atoms with Crippen molar-refractivity contribution < 1.29 is 14.3 Å². The molecule has 5 aromatic rings. The van der Waals surface area contributed by atoms with Gasteiger partial charge < -0.3 is 10.4 Å². The molecule has 1 N–H and O–H groups in total. The summed E-state index contributed by atoms with van der Waals surface area (Å²) >= 11 is 0. The number of rotatable bonds is 1. The molecule has 126 valence electrons. The smallest absolute Gasteiger partial charge is 0.332 e. The highest BCUT2D eigenvalue weighted by Gasteiger charge is 2.27. The third kappa shape index (κ3) is 1.85. The van der Waals surface area contributed by atoms with Crippen molar-refractivity contribution in [1.29, 1.82) is 0 Å². The summed E-state index contributed by atoms with van der Waals surface area (Å²) in [5, 5.41) is 27.3. The van der Waals surface area contributed by atoms with Gasteiger partial charge in [0.1, 0.15) is 5.82 Å². The normalized spacial score (nSPS) is 11.6. The molecule has 0 fully saturated rings. The predicted octanol–water partition coefficient (Wildman–Crippen LogP) is 4.62. The second-order valence-corrected chi connectivity index (χ2v) is 6.23. The minimum atomic E-state index is -0.470. The maximum Gasteiger partial charge on any atom is 0.332 e. The molecule has 0 bridgehead atoms. The van der Waals surface area contributed by atoms with E-state index in [0.717, 1.165) is 26.3 Å². The van der Waals surface area contributed by atoms with E-state index in [-0.39, 0.29) is 5.82 Å². The van der Waals surface area contributed by atoms with Gasteiger partial charge in [-0.05, 0) is 45.8 Å². The Labute approximate surface area is 147 Å². The Morgan fingerprint density at radius 2 is 1.42 bits per heavy atom. The summed E-state index contributed by atoms with van der Waals surface area (Å²) in [5.74, 6) is -0.483. The van der Waals surface area contributed by atoms with E-state index in [1.54, 1.807) is 6.07 Å². The van der Waals surface area contributed by atoms with Crippen LogP contribution < -0.4 is 4.73 Å². The van der Waals surface area contributed by atoms with Gasteiger partial charge in [-0.1, -0.05) is 42.5 Å². The molecule has 1 aromatic heterocycles. The second-order valence-electron chi connectivity index (χ2n) is 6.23. The summed E-state index contributed by atoms with van der Waals surface area (Å²) in [7, 11) is 0. The highest BCUT2D eigenvalue weighted by molar-refractivity contribution is 6.22. The molecule has 0 radical (unpaired) electrons. The van der Waals surface area contributed by atoms with E-state index < -0.39 is 5.82 Å². The molecule has 0 aliphatic carbocycles. The second kappa shape index (κ2) is 5.20. The number of benzene rings is 4. The maximum atomic E-state index is 13.7. The molecule has 0 aliphatic rings.